The topological polar surface area (TPSA) is 108 Å². The first kappa shape index (κ1) is 28.5. The van der Waals surface area contributed by atoms with Gasteiger partial charge in [0.15, 0.2) is 23.0 Å². The Hall–Kier alpha value is -4.08. The molecule has 1 aromatic carbocycles. The van der Waals surface area contributed by atoms with E-state index in [0.717, 1.165) is 0 Å². The van der Waals surface area contributed by atoms with Gasteiger partial charge in [-0.15, -0.1) is 0 Å². The predicted octanol–water partition coefficient (Wildman–Crippen LogP) is 3.82. The van der Waals surface area contributed by atoms with Crippen molar-refractivity contribution in [2.24, 2.45) is 5.92 Å². The number of carbonyl (C=O) groups is 2. The van der Waals surface area contributed by atoms with Crippen molar-refractivity contribution in [3.63, 3.8) is 0 Å². The first-order valence-corrected chi connectivity index (χ1v) is 12.0. The second-order valence-electron chi connectivity index (χ2n) is 8.14. The summed E-state index contributed by atoms with van der Waals surface area (Å²) in [5.74, 6) is -0.436. The van der Waals surface area contributed by atoms with Gasteiger partial charge in [0.05, 0.1) is 72.9 Å². The second kappa shape index (κ2) is 12.4. The normalized spacial score (nSPS) is 18.5. The van der Waals surface area contributed by atoms with Gasteiger partial charge in [-0.2, -0.15) is 0 Å². The molecule has 10 nitrogen and oxygen atoms in total. The van der Waals surface area contributed by atoms with Crippen LogP contribution in [0.1, 0.15) is 25.3 Å². The third-order valence-corrected chi connectivity index (χ3v) is 6.31. The van der Waals surface area contributed by atoms with E-state index in [1.807, 2.05) is 0 Å². The van der Waals surface area contributed by atoms with Crippen molar-refractivity contribution in [2.45, 2.75) is 19.8 Å². The zero-order chi connectivity index (χ0) is 28.0. The monoisotopic (exact) mass is 530 g/mol. The third kappa shape index (κ3) is 5.03. The van der Waals surface area contributed by atoms with Gasteiger partial charge in [0, 0.05) is 5.92 Å². The number of carbonyl (C=O) groups excluding carboxylic acids is 2. The van der Waals surface area contributed by atoms with Crippen LogP contribution in [0.15, 0.2) is 58.3 Å². The van der Waals surface area contributed by atoms with Crippen LogP contribution in [0.5, 0.6) is 17.2 Å². The Morgan fingerprint density at radius 3 is 1.79 bits per heavy atom. The van der Waals surface area contributed by atoms with E-state index >= 15 is 0 Å². The summed E-state index contributed by atoms with van der Waals surface area (Å²) in [5.41, 5.74) is 1.40. The van der Waals surface area contributed by atoms with E-state index in [0.29, 0.717) is 45.7 Å². The first-order chi connectivity index (χ1) is 18.3. The van der Waals surface area contributed by atoms with Gasteiger partial charge in [-0.25, -0.2) is 9.59 Å². The summed E-state index contributed by atoms with van der Waals surface area (Å²) in [7, 11) is 9.00. The molecule has 0 radical (unpaired) electrons. The Labute approximate surface area is 222 Å². The average molecular weight is 531 g/mol. The summed E-state index contributed by atoms with van der Waals surface area (Å²) >= 11 is 0. The van der Waals surface area contributed by atoms with Gasteiger partial charge in [0.1, 0.15) is 5.76 Å². The number of hydrogen-bond acceptors (Lipinski definition) is 10. The Morgan fingerprint density at radius 2 is 1.32 bits per heavy atom. The minimum atomic E-state index is -0.795. The van der Waals surface area contributed by atoms with Crippen molar-refractivity contribution in [3.05, 3.63) is 63.8 Å². The van der Waals surface area contributed by atoms with Crippen molar-refractivity contribution in [1.82, 2.24) is 0 Å². The van der Waals surface area contributed by atoms with Gasteiger partial charge in [-0.3, -0.25) is 0 Å². The van der Waals surface area contributed by atoms with Gasteiger partial charge in [0.25, 0.3) is 0 Å². The summed E-state index contributed by atoms with van der Waals surface area (Å²) in [6.45, 7) is 3.61. The van der Waals surface area contributed by atoms with Crippen LogP contribution in [0.3, 0.4) is 0 Å². The highest BCUT2D eigenvalue weighted by Gasteiger charge is 2.46. The van der Waals surface area contributed by atoms with Crippen LogP contribution in [-0.4, -0.2) is 67.8 Å². The van der Waals surface area contributed by atoms with Crippen LogP contribution in [-0.2, 0) is 33.3 Å². The number of methoxy groups -OCH3 is 6. The maximum Gasteiger partial charge on any atom is 0.338 e. The van der Waals surface area contributed by atoms with Crippen LogP contribution in [0, 0.1) is 5.92 Å². The van der Waals surface area contributed by atoms with Crippen molar-refractivity contribution in [1.29, 1.82) is 0 Å². The molecule has 0 heterocycles. The maximum absolute atomic E-state index is 13.5. The lowest BCUT2D eigenvalue weighted by molar-refractivity contribution is -0.142. The van der Waals surface area contributed by atoms with Gasteiger partial charge in [0.2, 0.25) is 5.75 Å². The number of ether oxygens (including phenoxy) is 8. The molecular formula is C28H34O10. The van der Waals surface area contributed by atoms with E-state index in [1.54, 1.807) is 38.1 Å². The molecule has 0 spiro atoms. The number of rotatable bonds is 11. The van der Waals surface area contributed by atoms with E-state index in [2.05, 4.69) is 0 Å². The zero-order valence-corrected chi connectivity index (χ0v) is 23.0. The Kier molecular flexibility index (Phi) is 9.33. The maximum atomic E-state index is 13.5. The van der Waals surface area contributed by atoms with Gasteiger partial charge < -0.3 is 37.9 Å². The lowest BCUT2D eigenvalue weighted by Gasteiger charge is -2.38. The fourth-order valence-electron chi connectivity index (χ4n) is 4.81. The van der Waals surface area contributed by atoms with E-state index in [9.17, 15) is 9.59 Å². The van der Waals surface area contributed by atoms with Crippen LogP contribution in [0.2, 0.25) is 0 Å². The largest absolute Gasteiger partial charge is 0.496 e. The molecule has 0 aliphatic heterocycles. The number of fused-ring (bicyclic) bond motifs is 1. The van der Waals surface area contributed by atoms with Crippen LogP contribution >= 0.6 is 0 Å². The molecule has 0 unspecified atom stereocenters. The molecule has 0 N–H and O–H groups in total. The van der Waals surface area contributed by atoms with E-state index < -0.39 is 23.8 Å². The summed E-state index contributed by atoms with van der Waals surface area (Å²) in [6.07, 6.45) is 3.35. The van der Waals surface area contributed by atoms with Crippen molar-refractivity contribution in [3.8, 4) is 17.2 Å². The molecule has 1 aromatic rings. The molecule has 2 aliphatic rings. The molecule has 0 saturated carbocycles. The zero-order valence-electron chi connectivity index (χ0n) is 23.0. The summed E-state index contributed by atoms with van der Waals surface area (Å²) in [6, 6.07) is 3.46. The van der Waals surface area contributed by atoms with Crippen molar-refractivity contribution in [2.75, 3.05) is 55.9 Å². The highest BCUT2D eigenvalue weighted by molar-refractivity contribution is 6.04. The highest BCUT2D eigenvalue weighted by Crippen LogP contribution is 2.52. The third-order valence-electron chi connectivity index (χ3n) is 6.31. The van der Waals surface area contributed by atoms with Crippen molar-refractivity contribution >= 4 is 11.9 Å². The summed E-state index contributed by atoms with van der Waals surface area (Å²) in [4.78, 5) is 26.8. The molecular weight excluding hydrogens is 496 g/mol. The Bertz CT molecular complexity index is 1180. The minimum Gasteiger partial charge on any atom is -0.496 e. The van der Waals surface area contributed by atoms with E-state index in [1.165, 1.54) is 42.7 Å². The van der Waals surface area contributed by atoms with Crippen LogP contribution < -0.4 is 14.2 Å². The summed E-state index contributed by atoms with van der Waals surface area (Å²) in [5, 5.41) is 0. The number of allylic oxidation sites excluding steroid dienone is 2. The molecule has 10 heteroatoms. The number of esters is 2. The van der Waals surface area contributed by atoms with Gasteiger partial charge in [-0.05, 0) is 49.3 Å². The molecule has 0 fully saturated rings. The fourth-order valence-corrected chi connectivity index (χ4v) is 4.81. The predicted molar refractivity (Wildman–Crippen MR) is 137 cm³/mol. The average Bonchev–Trinajstić information content (AvgIpc) is 2.94. The Balaban J connectivity index is 2.46. The smallest absolute Gasteiger partial charge is 0.338 e. The lowest BCUT2D eigenvalue weighted by Crippen LogP contribution is -2.33. The van der Waals surface area contributed by atoms with E-state index in [4.69, 9.17) is 37.9 Å². The van der Waals surface area contributed by atoms with Crippen molar-refractivity contribution < 1.29 is 47.5 Å². The molecule has 0 bridgehead atoms. The van der Waals surface area contributed by atoms with Gasteiger partial charge in [-0.1, -0.05) is 0 Å². The molecule has 0 amide bonds. The van der Waals surface area contributed by atoms with Gasteiger partial charge >= 0.3 is 11.9 Å². The fraction of sp³-hybridized carbons (Fsp3) is 0.429. The van der Waals surface area contributed by atoms with Crippen LogP contribution in [0.4, 0.5) is 0 Å². The Morgan fingerprint density at radius 1 is 0.711 bits per heavy atom. The molecule has 2 atom stereocenters. The number of hydrogen-bond donors (Lipinski definition) is 0. The van der Waals surface area contributed by atoms with Crippen LogP contribution in [0.25, 0.3) is 0 Å². The molecule has 0 aromatic heterocycles. The molecule has 3 rings (SSSR count). The molecule has 38 heavy (non-hydrogen) atoms. The standard InChI is InChI=1S/C28H34O10/c1-9-37-27(29)17-11-15-12-20(33-5)25(35-7)26(36-8)22(15)21(23(17)28(30)38-10-2)16-13-18(31-3)24(34-6)19(14-16)32-4/h11-14,21-22H,9-10H2,1-8H3/t21-,22-/m0/s1. The number of benzene rings is 1. The SMILES string of the molecule is CCOC(=O)C1=C(C(=O)OCC)[C@@H](c2cc(OC)c(OC)c(OC)c2)[C@@H]2C(=C1)C=C(OC)C(OC)=C2OC. The second-order valence-corrected chi connectivity index (χ2v) is 8.14. The summed E-state index contributed by atoms with van der Waals surface area (Å²) < 4.78 is 44.5. The molecule has 0 saturated heterocycles. The first-order valence-electron chi connectivity index (χ1n) is 12.0. The molecule has 206 valence electrons. The quantitative estimate of drug-likeness (QED) is 0.392. The molecule has 2 aliphatic carbocycles. The minimum absolute atomic E-state index is 0.0679. The lowest BCUT2D eigenvalue weighted by atomic mass is 9.68. The highest BCUT2D eigenvalue weighted by atomic mass is 16.5. The van der Waals surface area contributed by atoms with E-state index in [-0.39, 0.29) is 24.4 Å².